The molecule has 0 unspecified atom stereocenters. The van der Waals surface area contributed by atoms with Gasteiger partial charge in [0.25, 0.3) is 0 Å². The molecule has 0 atom stereocenters. The van der Waals surface area contributed by atoms with Crippen molar-refractivity contribution in [2.45, 2.75) is 6.92 Å². The van der Waals surface area contributed by atoms with Crippen LogP contribution in [0.25, 0.3) is 11.1 Å². The Kier molecular flexibility index (Phi) is 4.13. The van der Waals surface area contributed by atoms with E-state index in [1.807, 2.05) is 24.3 Å². The summed E-state index contributed by atoms with van der Waals surface area (Å²) in [6.07, 6.45) is 4.34. The van der Waals surface area contributed by atoms with Crippen LogP contribution >= 0.6 is 0 Å². The van der Waals surface area contributed by atoms with Crippen molar-refractivity contribution < 1.29 is 9.47 Å². The van der Waals surface area contributed by atoms with Gasteiger partial charge in [-0.25, -0.2) is 0 Å². The minimum atomic E-state index is 0.581. The summed E-state index contributed by atoms with van der Waals surface area (Å²) in [5.41, 5.74) is 7.00. The van der Waals surface area contributed by atoms with E-state index in [1.54, 1.807) is 0 Å². The van der Waals surface area contributed by atoms with Gasteiger partial charge in [-0.1, -0.05) is 54.1 Å². The van der Waals surface area contributed by atoms with Crippen molar-refractivity contribution in [3.63, 3.8) is 0 Å². The van der Waals surface area contributed by atoms with Gasteiger partial charge in [0.05, 0.1) is 0 Å². The maximum atomic E-state index is 5.85. The van der Waals surface area contributed by atoms with E-state index in [9.17, 15) is 0 Å². The number of hydrogen-bond acceptors (Lipinski definition) is 3. The first-order chi connectivity index (χ1) is 13.8. The van der Waals surface area contributed by atoms with Crippen LogP contribution in [0.2, 0.25) is 0 Å². The number of anilines is 1. The average Bonchev–Trinajstić information content (AvgIpc) is 3.33. The second-order valence-electron chi connectivity index (χ2n) is 7.12. The van der Waals surface area contributed by atoms with Crippen LogP contribution in [0.15, 0.2) is 85.2 Å². The summed E-state index contributed by atoms with van der Waals surface area (Å²) in [6.45, 7) is 3.27. The van der Waals surface area contributed by atoms with Gasteiger partial charge in [0.2, 0.25) is 0 Å². The molecule has 0 bridgehead atoms. The standard InChI is InChI=1S/C25H21NO2/c1-18-10-12-21(13-11-18)26(14-19-16-27-24-8-4-2-6-22(19)24)15-20-17-28-25-9-5-3-7-23(20)25/h2-15H,16-17H2,1H3. The lowest BCUT2D eigenvalue weighted by Gasteiger charge is -2.18. The van der Waals surface area contributed by atoms with Crippen LogP contribution in [0.1, 0.15) is 16.7 Å². The van der Waals surface area contributed by atoms with Crippen molar-refractivity contribution in [1.29, 1.82) is 0 Å². The molecule has 2 aliphatic heterocycles. The van der Waals surface area contributed by atoms with Gasteiger partial charge in [-0.3, -0.25) is 0 Å². The zero-order chi connectivity index (χ0) is 18.9. The Hall–Kier alpha value is -3.46. The van der Waals surface area contributed by atoms with E-state index in [-0.39, 0.29) is 0 Å². The van der Waals surface area contributed by atoms with Crippen molar-refractivity contribution in [3.05, 3.63) is 102 Å². The van der Waals surface area contributed by atoms with Crippen molar-refractivity contribution in [2.75, 3.05) is 18.1 Å². The molecule has 0 radical (unpaired) electrons. The predicted octanol–water partition coefficient (Wildman–Crippen LogP) is 5.67. The van der Waals surface area contributed by atoms with Gasteiger partial charge in [0.15, 0.2) is 0 Å². The molecule has 0 saturated heterocycles. The van der Waals surface area contributed by atoms with Crippen molar-refractivity contribution in [1.82, 2.24) is 0 Å². The molecule has 0 N–H and O–H groups in total. The molecule has 0 aromatic heterocycles. The van der Waals surface area contributed by atoms with Crippen LogP contribution in [-0.4, -0.2) is 13.2 Å². The second kappa shape index (κ2) is 6.93. The van der Waals surface area contributed by atoms with E-state index in [0.717, 1.165) is 28.3 Å². The number of benzene rings is 3. The number of nitrogens with zero attached hydrogens (tertiary/aromatic N) is 1. The largest absolute Gasteiger partial charge is 0.488 e. The minimum Gasteiger partial charge on any atom is -0.488 e. The quantitative estimate of drug-likeness (QED) is 0.595. The highest BCUT2D eigenvalue weighted by Crippen LogP contribution is 2.36. The summed E-state index contributed by atoms with van der Waals surface area (Å²) < 4.78 is 11.7. The zero-order valence-electron chi connectivity index (χ0n) is 15.8. The summed E-state index contributed by atoms with van der Waals surface area (Å²) in [7, 11) is 0. The van der Waals surface area contributed by atoms with Gasteiger partial charge >= 0.3 is 0 Å². The van der Waals surface area contributed by atoms with Crippen molar-refractivity contribution in [3.8, 4) is 11.5 Å². The summed E-state index contributed by atoms with van der Waals surface area (Å²) in [4.78, 5) is 2.18. The summed E-state index contributed by atoms with van der Waals surface area (Å²) >= 11 is 0. The first-order valence-electron chi connectivity index (χ1n) is 9.49. The lowest BCUT2D eigenvalue weighted by Crippen LogP contribution is -2.10. The van der Waals surface area contributed by atoms with E-state index >= 15 is 0 Å². The molecule has 138 valence electrons. The molecule has 3 heteroatoms. The normalized spacial score (nSPS) is 17.2. The molecular formula is C25H21NO2. The molecular weight excluding hydrogens is 346 g/mol. The van der Waals surface area contributed by atoms with E-state index < -0.39 is 0 Å². The molecule has 3 aromatic rings. The van der Waals surface area contributed by atoms with Gasteiger partial charge in [-0.15, -0.1) is 0 Å². The Morgan fingerprint density at radius 3 is 1.71 bits per heavy atom. The first kappa shape index (κ1) is 16.7. The highest BCUT2D eigenvalue weighted by atomic mass is 16.5. The maximum absolute atomic E-state index is 5.85. The Morgan fingerprint density at radius 2 is 1.18 bits per heavy atom. The van der Waals surface area contributed by atoms with Crippen LogP contribution < -0.4 is 14.4 Å². The molecule has 5 rings (SSSR count). The van der Waals surface area contributed by atoms with Crippen LogP contribution in [0, 0.1) is 6.92 Å². The molecule has 0 fully saturated rings. The van der Waals surface area contributed by atoms with E-state index in [0.29, 0.717) is 13.2 Å². The van der Waals surface area contributed by atoms with E-state index in [1.165, 1.54) is 16.7 Å². The van der Waals surface area contributed by atoms with Gasteiger partial charge in [0.1, 0.15) is 24.7 Å². The third-order valence-electron chi connectivity index (χ3n) is 5.15. The predicted molar refractivity (Wildman–Crippen MR) is 113 cm³/mol. The number of ether oxygens (including phenoxy) is 2. The van der Waals surface area contributed by atoms with Crippen LogP contribution in [0.4, 0.5) is 5.69 Å². The molecule has 28 heavy (non-hydrogen) atoms. The van der Waals surface area contributed by atoms with Crippen molar-refractivity contribution >= 4 is 16.8 Å². The van der Waals surface area contributed by atoms with Gasteiger partial charge in [-0.2, -0.15) is 0 Å². The third-order valence-corrected chi connectivity index (χ3v) is 5.15. The lowest BCUT2D eigenvalue weighted by molar-refractivity contribution is 0.388. The van der Waals surface area contributed by atoms with Crippen LogP contribution in [0.3, 0.4) is 0 Å². The molecule has 0 amide bonds. The minimum absolute atomic E-state index is 0.581. The lowest BCUT2D eigenvalue weighted by atomic mass is 10.1. The fourth-order valence-electron chi connectivity index (χ4n) is 3.63. The highest BCUT2D eigenvalue weighted by molar-refractivity contribution is 5.81. The van der Waals surface area contributed by atoms with Crippen LogP contribution in [-0.2, 0) is 0 Å². The van der Waals surface area contributed by atoms with E-state index in [2.05, 4.69) is 72.8 Å². The number of aryl methyl sites for hydroxylation is 1. The average molecular weight is 367 g/mol. The zero-order valence-corrected chi connectivity index (χ0v) is 15.8. The molecule has 0 aliphatic carbocycles. The highest BCUT2D eigenvalue weighted by Gasteiger charge is 2.20. The summed E-state index contributed by atoms with van der Waals surface area (Å²) in [5, 5.41) is 0. The molecule has 2 aliphatic rings. The SMILES string of the molecule is Cc1ccc(N(C=C2COc3ccccc32)C=C2COc3ccccc32)cc1. The first-order valence-corrected chi connectivity index (χ1v) is 9.49. The Labute approximate surface area is 165 Å². The molecule has 3 aromatic carbocycles. The number of para-hydroxylation sites is 2. The third kappa shape index (κ3) is 3.05. The van der Waals surface area contributed by atoms with Gasteiger partial charge in [-0.05, 0) is 31.2 Å². The smallest absolute Gasteiger partial charge is 0.127 e. The second-order valence-corrected chi connectivity index (χ2v) is 7.12. The van der Waals surface area contributed by atoms with E-state index in [4.69, 9.17) is 9.47 Å². The topological polar surface area (TPSA) is 21.7 Å². The van der Waals surface area contributed by atoms with Crippen molar-refractivity contribution in [2.24, 2.45) is 0 Å². The molecule has 0 saturated carbocycles. The van der Waals surface area contributed by atoms with Gasteiger partial charge in [0, 0.05) is 40.4 Å². The Balaban J connectivity index is 1.58. The molecule has 2 heterocycles. The number of rotatable bonds is 3. The summed E-state index contributed by atoms with van der Waals surface area (Å²) in [6, 6.07) is 25.0. The molecule has 0 spiro atoms. The number of fused-ring (bicyclic) bond motifs is 2. The monoisotopic (exact) mass is 367 g/mol. The fourth-order valence-corrected chi connectivity index (χ4v) is 3.63. The molecule has 3 nitrogen and oxygen atoms in total. The summed E-state index contributed by atoms with van der Waals surface area (Å²) in [5.74, 6) is 1.89. The Bertz CT molecular complexity index is 1010. The Morgan fingerprint density at radius 1 is 0.679 bits per heavy atom. The number of hydrogen-bond donors (Lipinski definition) is 0. The maximum Gasteiger partial charge on any atom is 0.127 e. The van der Waals surface area contributed by atoms with Gasteiger partial charge < -0.3 is 14.4 Å². The fraction of sp³-hybridized carbons (Fsp3) is 0.120. The van der Waals surface area contributed by atoms with Crippen LogP contribution in [0.5, 0.6) is 11.5 Å².